The maximum Gasteiger partial charge on any atom is 0.160 e. The quantitative estimate of drug-likeness (QED) is 0.0961. The van der Waals surface area contributed by atoms with Crippen molar-refractivity contribution in [3.05, 3.63) is 449 Å². The zero-order chi connectivity index (χ0) is 74.5. The number of nitrogens with zero attached hydrogens (tertiary/aromatic N) is 2. The molecule has 0 saturated carbocycles. The highest BCUT2D eigenvalue weighted by atomic mass is 32.1. The zero-order valence-electron chi connectivity index (χ0n) is 61.4. The average molecular weight is 1450 g/mol. The van der Waals surface area contributed by atoms with Crippen molar-refractivity contribution in [1.29, 1.82) is 0 Å². The lowest BCUT2D eigenvalue weighted by Gasteiger charge is -2.27. The molecule has 0 aliphatic heterocycles. The molecule has 0 N–H and O–H groups in total. The van der Waals surface area contributed by atoms with Gasteiger partial charge in [-0.15, -0.1) is 11.3 Å². The van der Waals surface area contributed by atoms with E-state index >= 15 is 0 Å². The predicted molar refractivity (Wildman–Crippen MR) is 477 cm³/mol. The van der Waals surface area contributed by atoms with Crippen molar-refractivity contribution in [3.8, 4) is 111 Å². The number of fused-ring (bicyclic) bond motifs is 6. The molecule has 112 heavy (non-hydrogen) atoms. The van der Waals surface area contributed by atoms with Gasteiger partial charge in [-0.1, -0.05) is 376 Å². The molecule has 4 heteroatoms. The highest BCUT2D eigenvalue weighted by molar-refractivity contribution is 7.26. The molecule has 0 atom stereocenters. The molecule has 0 aliphatic rings. The second-order valence-electron chi connectivity index (χ2n) is 28.1. The lowest BCUT2D eigenvalue weighted by Crippen LogP contribution is -2.10. The van der Waals surface area contributed by atoms with Gasteiger partial charge in [0.1, 0.15) is 5.58 Å². The second kappa shape index (κ2) is 30.7. The van der Waals surface area contributed by atoms with E-state index in [-0.39, 0.29) is 0 Å². The van der Waals surface area contributed by atoms with E-state index in [9.17, 15) is 0 Å². The molecule has 3 nitrogen and oxygen atoms in total. The molecular formula is C108H74N2OS. The minimum Gasteiger partial charge on any atom is -0.454 e. The molecule has 0 unspecified atom stereocenters. The number of hydrogen-bond acceptors (Lipinski definition) is 4. The van der Waals surface area contributed by atoms with Gasteiger partial charge >= 0.3 is 0 Å². The molecular weight excluding hydrogens is 1370 g/mol. The van der Waals surface area contributed by atoms with Crippen LogP contribution in [0.4, 0.5) is 34.1 Å². The summed E-state index contributed by atoms with van der Waals surface area (Å²) in [7, 11) is 0. The van der Waals surface area contributed by atoms with E-state index in [1.807, 2.05) is 17.4 Å². The largest absolute Gasteiger partial charge is 0.454 e. The first-order valence-corrected chi connectivity index (χ1v) is 39.0. The van der Waals surface area contributed by atoms with Gasteiger partial charge in [-0.3, -0.25) is 0 Å². The van der Waals surface area contributed by atoms with Crippen LogP contribution in [0.1, 0.15) is 0 Å². The van der Waals surface area contributed by atoms with Crippen LogP contribution >= 0.6 is 11.3 Å². The van der Waals surface area contributed by atoms with Gasteiger partial charge < -0.3 is 14.2 Å². The minimum absolute atomic E-state index is 0.851. The van der Waals surface area contributed by atoms with Crippen molar-refractivity contribution in [2.75, 3.05) is 9.80 Å². The summed E-state index contributed by atoms with van der Waals surface area (Å²) in [5.74, 6) is 0. The van der Waals surface area contributed by atoms with Crippen LogP contribution in [0.5, 0.6) is 0 Å². The monoisotopic (exact) mass is 1450 g/mol. The number of hydrogen-bond donors (Lipinski definition) is 0. The number of thiophene rings is 1. The van der Waals surface area contributed by atoms with Crippen LogP contribution < -0.4 is 9.80 Å². The fourth-order valence-corrected chi connectivity index (χ4v) is 17.4. The molecule has 20 rings (SSSR count). The summed E-state index contributed by atoms with van der Waals surface area (Å²) in [6, 6.07) is 161. The van der Waals surface area contributed by atoms with Gasteiger partial charge in [0.2, 0.25) is 0 Å². The van der Waals surface area contributed by atoms with Crippen LogP contribution in [-0.4, -0.2) is 0 Å². The smallest absolute Gasteiger partial charge is 0.160 e. The third-order valence-electron chi connectivity index (χ3n) is 21.5. The fraction of sp³-hybridized carbons (Fsp3) is 0. The Balaban J connectivity index is 0.000000151. The predicted octanol–water partition coefficient (Wildman–Crippen LogP) is 31.3. The Hall–Kier alpha value is -14.4. The molecule has 0 aliphatic carbocycles. The van der Waals surface area contributed by atoms with E-state index in [4.69, 9.17) is 4.42 Å². The van der Waals surface area contributed by atoms with Crippen molar-refractivity contribution < 1.29 is 4.42 Å². The van der Waals surface area contributed by atoms with Gasteiger partial charge in [0.15, 0.2) is 5.58 Å². The first-order valence-electron chi connectivity index (χ1n) is 38.2. The molecule has 0 bridgehead atoms. The second-order valence-corrected chi connectivity index (χ2v) is 29.2. The molecule has 2 aromatic heterocycles. The van der Waals surface area contributed by atoms with Crippen LogP contribution in [0.15, 0.2) is 453 Å². The zero-order valence-corrected chi connectivity index (χ0v) is 62.3. The van der Waals surface area contributed by atoms with E-state index in [0.29, 0.717) is 0 Å². The van der Waals surface area contributed by atoms with E-state index in [0.717, 1.165) is 78.3 Å². The Morgan fingerprint density at radius 3 is 0.768 bits per heavy atom. The number of benzene rings is 18. The first kappa shape index (κ1) is 68.1. The van der Waals surface area contributed by atoms with Gasteiger partial charge in [-0.05, 0) is 184 Å². The standard InChI is InChI=1S/C54H37NO.C54H37NS/c2*1-4-16-38(17-5-1)45-22-10-12-24-47(45)41-28-32-43(33-29-41)55(44-34-30-42(31-35-44)48-25-13-11-23-46(48)39-18-6-2-7-19-39)51-37-36-49(40-20-8-3-9-21-40)53-50-26-14-15-27-52(50)56-54(51)53/h2*1-37H. The van der Waals surface area contributed by atoms with Crippen LogP contribution in [0, 0.1) is 0 Å². The highest BCUT2D eigenvalue weighted by Crippen LogP contribution is 2.51. The van der Waals surface area contributed by atoms with Gasteiger partial charge in [0, 0.05) is 49.0 Å². The summed E-state index contributed by atoms with van der Waals surface area (Å²) in [6.45, 7) is 0. The SMILES string of the molecule is c1ccc(-c2ccccc2-c2ccc(N(c3ccc(-c4ccccc4-c4ccccc4)cc3)c3ccc(-c4ccccc4)c4c3oc3ccccc34)cc2)cc1.c1ccc(-c2ccccc2-c2ccc(N(c3ccc(-c4ccccc4-c4ccccc4)cc3)c3ccc(-c4ccccc4)c4c3sc3ccccc34)cc2)cc1. The summed E-state index contributed by atoms with van der Waals surface area (Å²) in [5.41, 5.74) is 32.2. The third kappa shape index (κ3) is 13.3. The lowest BCUT2D eigenvalue weighted by atomic mass is 9.94. The summed E-state index contributed by atoms with van der Waals surface area (Å²) in [5, 5.41) is 4.79. The van der Waals surface area contributed by atoms with Gasteiger partial charge in [0.25, 0.3) is 0 Å². The molecule has 0 amide bonds. The molecule has 2 heterocycles. The van der Waals surface area contributed by atoms with Gasteiger partial charge in [-0.2, -0.15) is 0 Å². The van der Waals surface area contributed by atoms with Crippen LogP contribution in [-0.2, 0) is 0 Å². The molecule has 0 spiro atoms. The van der Waals surface area contributed by atoms with Gasteiger partial charge in [0.05, 0.1) is 16.1 Å². The Bertz CT molecular complexity index is 6020. The van der Waals surface area contributed by atoms with Crippen LogP contribution in [0.3, 0.4) is 0 Å². The maximum absolute atomic E-state index is 6.84. The molecule has 0 saturated heterocycles. The Morgan fingerprint density at radius 1 is 0.179 bits per heavy atom. The molecule has 0 fully saturated rings. The fourth-order valence-electron chi connectivity index (χ4n) is 16.1. The van der Waals surface area contributed by atoms with Crippen molar-refractivity contribution in [1.82, 2.24) is 0 Å². The Morgan fingerprint density at radius 2 is 0.429 bits per heavy atom. The van der Waals surface area contributed by atoms with Crippen LogP contribution in [0.2, 0.25) is 0 Å². The topological polar surface area (TPSA) is 19.6 Å². The summed E-state index contributed by atoms with van der Waals surface area (Å²) >= 11 is 1.87. The summed E-state index contributed by atoms with van der Waals surface area (Å²) in [4.78, 5) is 4.77. The van der Waals surface area contributed by atoms with Crippen molar-refractivity contribution >= 4 is 87.6 Å². The summed E-state index contributed by atoms with van der Waals surface area (Å²) < 4.78 is 9.40. The average Bonchev–Trinajstić information content (AvgIpc) is 1.56. The Labute approximate surface area is 657 Å². The molecule has 18 aromatic carbocycles. The number of rotatable bonds is 16. The van der Waals surface area contributed by atoms with Crippen molar-refractivity contribution in [2.45, 2.75) is 0 Å². The summed E-state index contributed by atoms with van der Waals surface area (Å²) in [6.07, 6.45) is 0. The Kier molecular flexibility index (Phi) is 18.7. The number of para-hydroxylation sites is 1. The minimum atomic E-state index is 0.851. The van der Waals surface area contributed by atoms with E-state index in [1.165, 1.54) is 109 Å². The first-order chi connectivity index (χ1) is 55.6. The van der Waals surface area contributed by atoms with E-state index in [1.54, 1.807) is 0 Å². The third-order valence-corrected chi connectivity index (χ3v) is 22.6. The number of furan rings is 1. The number of anilines is 6. The van der Waals surface area contributed by atoms with E-state index in [2.05, 4.69) is 453 Å². The normalized spacial score (nSPS) is 11.2. The van der Waals surface area contributed by atoms with E-state index < -0.39 is 0 Å². The lowest BCUT2D eigenvalue weighted by molar-refractivity contribution is 0.669. The molecule has 20 aromatic rings. The maximum atomic E-state index is 6.84. The molecule has 0 radical (unpaired) electrons. The van der Waals surface area contributed by atoms with Crippen molar-refractivity contribution in [2.24, 2.45) is 0 Å². The van der Waals surface area contributed by atoms with Crippen LogP contribution in [0.25, 0.3) is 153 Å². The van der Waals surface area contributed by atoms with Gasteiger partial charge in [-0.25, -0.2) is 0 Å². The molecule has 528 valence electrons. The highest BCUT2D eigenvalue weighted by Gasteiger charge is 2.25. The van der Waals surface area contributed by atoms with Crippen molar-refractivity contribution in [3.63, 3.8) is 0 Å².